The number of ketones is 1. The van der Waals surface area contributed by atoms with Crippen LogP contribution in [0.2, 0.25) is 0 Å². The summed E-state index contributed by atoms with van der Waals surface area (Å²) in [5.74, 6) is -2.08. The number of aryl methyl sites for hydroxylation is 1. The van der Waals surface area contributed by atoms with E-state index in [2.05, 4.69) is 4.98 Å². The molecule has 0 fully saturated rings. The molecule has 0 aliphatic heterocycles. The number of nitrogens with zero attached hydrogens (tertiary/aromatic N) is 1. The Morgan fingerprint density at radius 1 is 1.29 bits per heavy atom. The number of ether oxygens (including phenoxy) is 1. The Morgan fingerprint density at radius 2 is 2.05 bits per heavy atom. The van der Waals surface area contributed by atoms with Crippen LogP contribution in [-0.4, -0.2) is 17.4 Å². The molecule has 2 aromatic rings. The summed E-state index contributed by atoms with van der Waals surface area (Å²) >= 11 is 0. The number of halogens is 2. The highest BCUT2D eigenvalue weighted by atomic mass is 19.1. The van der Waals surface area contributed by atoms with Crippen LogP contribution in [0.15, 0.2) is 30.6 Å². The maximum Gasteiger partial charge on any atom is 0.200 e. The lowest BCUT2D eigenvalue weighted by Gasteiger charge is -2.08. The number of hydrogen-bond donors (Lipinski definition) is 0. The molecule has 2 rings (SSSR count). The van der Waals surface area contributed by atoms with Gasteiger partial charge in [-0.1, -0.05) is 13.0 Å². The molecule has 1 heterocycles. The molecule has 110 valence electrons. The minimum Gasteiger partial charge on any atom is -0.492 e. The fraction of sp³-hybridized carbons (Fsp3) is 0.250. The summed E-state index contributed by atoms with van der Waals surface area (Å²) in [5, 5.41) is 0. The Bertz CT molecular complexity index is 671. The van der Waals surface area contributed by atoms with Gasteiger partial charge in [0, 0.05) is 11.8 Å². The zero-order valence-electron chi connectivity index (χ0n) is 11.8. The van der Waals surface area contributed by atoms with Gasteiger partial charge in [0.1, 0.15) is 17.4 Å². The molecule has 0 bridgehead atoms. The molecule has 21 heavy (non-hydrogen) atoms. The quantitative estimate of drug-likeness (QED) is 0.789. The average molecular weight is 291 g/mol. The summed E-state index contributed by atoms with van der Waals surface area (Å²) in [4.78, 5) is 16.2. The van der Waals surface area contributed by atoms with E-state index in [4.69, 9.17) is 4.74 Å². The Labute approximate surface area is 121 Å². The third-order valence-corrected chi connectivity index (χ3v) is 2.96. The summed E-state index contributed by atoms with van der Waals surface area (Å²) in [6, 6.07) is 3.81. The highest BCUT2D eigenvalue weighted by Crippen LogP contribution is 2.21. The van der Waals surface area contributed by atoms with E-state index in [0.717, 1.165) is 12.5 Å². The van der Waals surface area contributed by atoms with Crippen molar-refractivity contribution >= 4 is 5.78 Å². The first-order valence-electron chi connectivity index (χ1n) is 6.61. The van der Waals surface area contributed by atoms with Gasteiger partial charge in [-0.05, 0) is 31.0 Å². The van der Waals surface area contributed by atoms with Gasteiger partial charge in [0.2, 0.25) is 5.78 Å². The molecular weight excluding hydrogens is 276 g/mol. The van der Waals surface area contributed by atoms with Crippen molar-refractivity contribution in [2.24, 2.45) is 0 Å². The third kappa shape index (κ3) is 3.24. The standard InChI is InChI=1S/C16H15F2NO2/c1-3-6-21-12-7-11(8-19-9-12)16(20)14-13(17)5-4-10(2)15(14)18/h4-5,7-9H,3,6H2,1-2H3. The van der Waals surface area contributed by atoms with Gasteiger partial charge in [-0.2, -0.15) is 0 Å². The van der Waals surface area contributed by atoms with Crippen LogP contribution in [0.4, 0.5) is 8.78 Å². The molecule has 0 spiro atoms. The Hall–Kier alpha value is -2.30. The highest BCUT2D eigenvalue weighted by Gasteiger charge is 2.21. The highest BCUT2D eigenvalue weighted by molar-refractivity contribution is 6.09. The molecule has 0 radical (unpaired) electrons. The summed E-state index contributed by atoms with van der Waals surface area (Å²) in [6.45, 7) is 3.90. The molecule has 0 N–H and O–H groups in total. The van der Waals surface area contributed by atoms with E-state index in [9.17, 15) is 13.6 Å². The van der Waals surface area contributed by atoms with Gasteiger partial charge in [0.25, 0.3) is 0 Å². The van der Waals surface area contributed by atoms with E-state index >= 15 is 0 Å². The van der Waals surface area contributed by atoms with Gasteiger partial charge in [-0.15, -0.1) is 0 Å². The van der Waals surface area contributed by atoms with Crippen LogP contribution in [0.25, 0.3) is 0 Å². The van der Waals surface area contributed by atoms with Gasteiger partial charge < -0.3 is 4.74 Å². The molecule has 1 aromatic heterocycles. The van der Waals surface area contributed by atoms with Crippen LogP contribution in [0.1, 0.15) is 34.8 Å². The van der Waals surface area contributed by atoms with Crippen LogP contribution in [0, 0.1) is 18.6 Å². The van der Waals surface area contributed by atoms with Gasteiger partial charge in [-0.25, -0.2) is 8.78 Å². The molecule has 0 aliphatic rings. The normalized spacial score (nSPS) is 10.5. The third-order valence-electron chi connectivity index (χ3n) is 2.96. The first-order valence-corrected chi connectivity index (χ1v) is 6.61. The monoisotopic (exact) mass is 291 g/mol. The van der Waals surface area contributed by atoms with Crippen molar-refractivity contribution in [2.45, 2.75) is 20.3 Å². The summed E-state index contributed by atoms with van der Waals surface area (Å²) < 4.78 is 33.1. The van der Waals surface area contributed by atoms with E-state index in [1.54, 1.807) is 0 Å². The molecule has 0 saturated carbocycles. The molecule has 0 unspecified atom stereocenters. The van der Waals surface area contributed by atoms with E-state index < -0.39 is 23.0 Å². The Morgan fingerprint density at radius 3 is 2.76 bits per heavy atom. The number of aromatic nitrogens is 1. The summed E-state index contributed by atoms with van der Waals surface area (Å²) in [6.07, 6.45) is 3.52. The Kier molecular flexibility index (Phi) is 4.62. The number of carbonyl (C=O) groups is 1. The van der Waals surface area contributed by atoms with Crippen LogP contribution >= 0.6 is 0 Å². The molecule has 5 heteroatoms. The zero-order valence-corrected chi connectivity index (χ0v) is 11.8. The number of rotatable bonds is 5. The molecule has 1 aromatic carbocycles. The summed E-state index contributed by atoms with van der Waals surface area (Å²) in [5.41, 5.74) is -0.262. The predicted molar refractivity (Wildman–Crippen MR) is 74.6 cm³/mol. The summed E-state index contributed by atoms with van der Waals surface area (Å²) in [7, 11) is 0. The van der Waals surface area contributed by atoms with Crippen molar-refractivity contribution in [1.82, 2.24) is 4.98 Å². The van der Waals surface area contributed by atoms with Gasteiger partial charge >= 0.3 is 0 Å². The largest absolute Gasteiger partial charge is 0.492 e. The van der Waals surface area contributed by atoms with Gasteiger partial charge in [-0.3, -0.25) is 9.78 Å². The van der Waals surface area contributed by atoms with E-state index in [1.807, 2.05) is 6.92 Å². The minimum absolute atomic E-state index is 0.0898. The van der Waals surface area contributed by atoms with Crippen LogP contribution < -0.4 is 4.74 Å². The van der Waals surface area contributed by atoms with Crippen LogP contribution in [-0.2, 0) is 0 Å². The van der Waals surface area contributed by atoms with Crippen molar-refractivity contribution in [3.05, 3.63) is 58.9 Å². The minimum atomic E-state index is -0.886. The van der Waals surface area contributed by atoms with Crippen molar-refractivity contribution < 1.29 is 18.3 Å². The number of pyridine rings is 1. The van der Waals surface area contributed by atoms with E-state index in [-0.39, 0.29) is 11.1 Å². The van der Waals surface area contributed by atoms with Gasteiger partial charge in [0.15, 0.2) is 0 Å². The van der Waals surface area contributed by atoms with Crippen molar-refractivity contribution in [2.75, 3.05) is 6.61 Å². The van der Waals surface area contributed by atoms with Crippen molar-refractivity contribution in [3.8, 4) is 5.75 Å². The van der Waals surface area contributed by atoms with Crippen molar-refractivity contribution in [3.63, 3.8) is 0 Å². The lowest BCUT2D eigenvalue weighted by molar-refractivity contribution is 0.103. The number of hydrogen-bond acceptors (Lipinski definition) is 3. The predicted octanol–water partition coefficient (Wildman–Crippen LogP) is 3.69. The second-order valence-corrected chi connectivity index (χ2v) is 4.64. The maximum atomic E-state index is 14.0. The zero-order chi connectivity index (χ0) is 15.4. The topological polar surface area (TPSA) is 39.2 Å². The molecule has 0 saturated heterocycles. The molecular formula is C16H15F2NO2. The van der Waals surface area contributed by atoms with Crippen LogP contribution in [0.5, 0.6) is 5.75 Å². The lowest BCUT2D eigenvalue weighted by atomic mass is 10.0. The first-order chi connectivity index (χ1) is 10.0. The number of carbonyl (C=O) groups excluding carboxylic acids is 1. The molecule has 0 amide bonds. The Balaban J connectivity index is 2.39. The smallest absolute Gasteiger partial charge is 0.200 e. The SMILES string of the molecule is CCCOc1cncc(C(=O)c2c(F)ccc(C)c2F)c1. The maximum absolute atomic E-state index is 14.0. The second-order valence-electron chi connectivity index (χ2n) is 4.64. The van der Waals surface area contributed by atoms with E-state index in [1.165, 1.54) is 31.5 Å². The number of benzene rings is 1. The van der Waals surface area contributed by atoms with Crippen LogP contribution in [0.3, 0.4) is 0 Å². The average Bonchev–Trinajstić information content (AvgIpc) is 2.49. The first kappa shape index (κ1) is 15.1. The van der Waals surface area contributed by atoms with Gasteiger partial charge in [0.05, 0.1) is 18.4 Å². The van der Waals surface area contributed by atoms with Crippen molar-refractivity contribution in [1.29, 1.82) is 0 Å². The molecule has 0 aliphatic carbocycles. The fourth-order valence-electron chi connectivity index (χ4n) is 1.85. The molecule has 3 nitrogen and oxygen atoms in total. The molecule has 0 atom stereocenters. The second kappa shape index (κ2) is 6.43. The fourth-order valence-corrected chi connectivity index (χ4v) is 1.85. The lowest BCUT2D eigenvalue weighted by Crippen LogP contribution is -2.09. The van der Waals surface area contributed by atoms with E-state index in [0.29, 0.717) is 12.4 Å².